The Labute approximate surface area is 147 Å². The molecule has 0 saturated carbocycles. The van der Waals surface area contributed by atoms with E-state index in [1.54, 1.807) is 11.8 Å². The van der Waals surface area contributed by atoms with Crippen LogP contribution in [0.3, 0.4) is 0 Å². The summed E-state index contributed by atoms with van der Waals surface area (Å²) in [5.74, 6) is 0. The molecule has 0 aromatic heterocycles. The average molecular weight is 335 g/mol. The van der Waals surface area contributed by atoms with Gasteiger partial charge in [0.1, 0.15) is 0 Å². The Balaban J connectivity index is 3.38. The normalized spacial score (nSPS) is 14.1. The summed E-state index contributed by atoms with van der Waals surface area (Å²) in [7, 11) is 0. The molecule has 0 bridgehead atoms. The van der Waals surface area contributed by atoms with Gasteiger partial charge in [-0.25, -0.2) is 0 Å². The van der Waals surface area contributed by atoms with Gasteiger partial charge in [0.2, 0.25) is 0 Å². The second kappa shape index (κ2) is 6.88. The molecule has 0 aliphatic rings. The second-order valence-corrected chi connectivity index (χ2v) is 9.97. The molecule has 23 heavy (non-hydrogen) atoms. The number of benzene rings is 1. The first-order valence-electron chi connectivity index (χ1n) is 8.30. The summed E-state index contributed by atoms with van der Waals surface area (Å²) in [5.41, 5.74) is 3.96. The summed E-state index contributed by atoms with van der Waals surface area (Å²) in [6.07, 6.45) is 2.07. The van der Waals surface area contributed by atoms with Gasteiger partial charge in [-0.1, -0.05) is 65.4 Å². The quantitative estimate of drug-likeness (QED) is 0.487. The van der Waals surface area contributed by atoms with Crippen molar-refractivity contribution in [3.8, 4) is 0 Å². The van der Waals surface area contributed by atoms with Crippen molar-refractivity contribution < 1.29 is 0 Å². The number of rotatable bonds is 1. The smallest absolute Gasteiger partial charge is 0.161 e. The van der Waals surface area contributed by atoms with Gasteiger partial charge in [-0.3, -0.25) is 4.99 Å². The van der Waals surface area contributed by atoms with E-state index in [1.807, 2.05) is 0 Å². The van der Waals surface area contributed by atoms with E-state index in [1.165, 1.54) is 16.8 Å². The summed E-state index contributed by atoms with van der Waals surface area (Å²) >= 11 is 1.66. The highest BCUT2D eigenvalue weighted by molar-refractivity contribution is 8.13. The van der Waals surface area contributed by atoms with E-state index in [2.05, 4.69) is 92.1 Å². The minimum atomic E-state index is -0.0884. The lowest BCUT2D eigenvalue weighted by molar-refractivity contribution is 0.578. The van der Waals surface area contributed by atoms with Gasteiger partial charge < -0.3 is 5.32 Å². The number of aliphatic imine (C=N–C) groups is 1. The Bertz CT molecular complexity index is 567. The number of thioether (sulfide) groups is 1. The third-order valence-electron chi connectivity index (χ3n) is 3.57. The topological polar surface area (TPSA) is 24.4 Å². The van der Waals surface area contributed by atoms with Crippen LogP contribution in [0.1, 0.15) is 73.4 Å². The predicted octanol–water partition coefficient (Wildman–Crippen LogP) is 6.21. The van der Waals surface area contributed by atoms with Crippen molar-refractivity contribution in [2.24, 2.45) is 4.99 Å². The second-order valence-electron chi connectivity index (χ2n) is 9.18. The van der Waals surface area contributed by atoms with Crippen LogP contribution in [0.15, 0.2) is 23.2 Å². The summed E-state index contributed by atoms with van der Waals surface area (Å²) in [6, 6.07) is 6.80. The van der Waals surface area contributed by atoms with Crippen LogP contribution in [0.4, 0.5) is 5.69 Å². The number of nitrogens with one attached hydrogen (secondary N) is 1. The maximum absolute atomic E-state index is 4.81. The molecule has 0 fully saturated rings. The molecule has 0 atom stereocenters. The van der Waals surface area contributed by atoms with Crippen molar-refractivity contribution in [2.75, 3.05) is 11.6 Å². The van der Waals surface area contributed by atoms with Crippen molar-refractivity contribution in [3.63, 3.8) is 0 Å². The van der Waals surface area contributed by atoms with Crippen molar-refractivity contribution in [1.82, 2.24) is 0 Å². The molecule has 130 valence electrons. The molecule has 0 unspecified atom stereocenters. The summed E-state index contributed by atoms with van der Waals surface area (Å²) in [4.78, 5) is 4.81. The van der Waals surface area contributed by atoms with Crippen LogP contribution in [0.2, 0.25) is 0 Å². The fourth-order valence-electron chi connectivity index (χ4n) is 2.31. The minimum Gasteiger partial charge on any atom is -0.335 e. The highest BCUT2D eigenvalue weighted by Gasteiger charge is 2.22. The van der Waals surface area contributed by atoms with E-state index in [-0.39, 0.29) is 16.4 Å². The highest BCUT2D eigenvalue weighted by atomic mass is 32.2. The number of amidine groups is 1. The fraction of sp³-hybridized carbons (Fsp3) is 0.650. The molecule has 1 rings (SSSR count). The molecule has 1 N–H and O–H groups in total. The SMILES string of the molecule is CSC(=NC(C)(C)C)Nc1cc(C(C)(C)C)ccc1C(C)(C)C. The average Bonchev–Trinajstić information content (AvgIpc) is 2.33. The Kier molecular flexibility index (Phi) is 6.01. The van der Waals surface area contributed by atoms with E-state index in [9.17, 15) is 0 Å². The molecule has 0 aliphatic carbocycles. The van der Waals surface area contributed by atoms with Crippen LogP contribution < -0.4 is 5.32 Å². The summed E-state index contributed by atoms with van der Waals surface area (Å²) in [5, 5.41) is 4.55. The number of hydrogen-bond acceptors (Lipinski definition) is 2. The minimum absolute atomic E-state index is 0.0873. The van der Waals surface area contributed by atoms with Gasteiger partial charge in [-0.15, -0.1) is 0 Å². The van der Waals surface area contributed by atoms with Gasteiger partial charge in [0.15, 0.2) is 5.17 Å². The summed E-state index contributed by atoms with van der Waals surface area (Å²) < 4.78 is 0. The van der Waals surface area contributed by atoms with E-state index in [0.29, 0.717) is 0 Å². The van der Waals surface area contributed by atoms with Crippen molar-refractivity contribution in [1.29, 1.82) is 0 Å². The molecular weight excluding hydrogens is 300 g/mol. The lowest BCUT2D eigenvalue weighted by atomic mass is 9.81. The van der Waals surface area contributed by atoms with Crippen LogP contribution in [0.25, 0.3) is 0 Å². The molecule has 0 spiro atoms. The van der Waals surface area contributed by atoms with Crippen LogP contribution in [0, 0.1) is 0 Å². The fourth-order valence-corrected chi connectivity index (χ4v) is 2.89. The van der Waals surface area contributed by atoms with Crippen molar-refractivity contribution in [3.05, 3.63) is 29.3 Å². The van der Waals surface area contributed by atoms with Gasteiger partial charge in [0.25, 0.3) is 0 Å². The summed E-state index contributed by atoms with van der Waals surface area (Å²) in [6.45, 7) is 19.9. The monoisotopic (exact) mass is 334 g/mol. The Morgan fingerprint density at radius 2 is 1.48 bits per heavy atom. The van der Waals surface area contributed by atoms with Gasteiger partial charge >= 0.3 is 0 Å². The first-order valence-corrected chi connectivity index (χ1v) is 9.52. The maximum Gasteiger partial charge on any atom is 0.161 e. The van der Waals surface area contributed by atoms with E-state index >= 15 is 0 Å². The molecule has 1 aromatic rings. The van der Waals surface area contributed by atoms with Gasteiger partial charge in [0, 0.05) is 5.69 Å². The Morgan fingerprint density at radius 1 is 0.913 bits per heavy atom. The molecule has 3 heteroatoms. The molecule has 0 saturated heterocycles. The number of anilines is 1. The largest absolute Gasteiger partial charge is 0.335 e. The Morgan fingerprint density at radius 3 is 1.87 bits per heavy atom. The molecule has 0 heterocycles. The lowest BCUT2D eigenvalue weighted by Crippen LogP contribution is -2.22. The Hall–Kier alpha value is -0.960. The number of nitrogens with zero attached hydrogens (tertiary/aromatic N) is 1. The van der Waals surface area contributed by atoms with Crippen LogP contribution in [-0.2, 0) is 10.8 Å². The molecule has 0 radical (unpaired) electrons. The van der Waals surface area contributed by atoms with E-state index < -0.39 is 0 Å². The van der Waals surface area contributed by atoms with E-state index in [0.717, 1.165) is 5.17 Å². The molecule has 1 aromatic carbocycles. The van der Waals surface area contributed by atoms with Gasteiger partial charge in [-0.2, -0.15) is 0 Å². The third-order valence-corrected chi connectivity index (χ3v) is 4.15. The highest BCUT2D eigenvalue weighted by Crippen LogP contribution is 2.34. The van der Waals surface area contributed by atoms with Gasteiger partial charge in [0.05, 0.1) is 5.54 Å². The third kappa shape index (κ3) is 6.21. The first kappa shape index (κ1) is 20.1. The standard InChI is InChI=1S/C20H34N2S/c1-18(2,3)14-11-12-15(19(4,5)6)16(13-14)21-17(23-10)22-20(7,8)9/h11-13H,1-10H3,(H,21,22). The van der Waals surface area contributed by atoms with Crippen LogP contribution in [0.5, 0.6) is 0 Å². The van der Waals surface area contributed by atoms with Crippen molar-refractivity contribution >= 4 is 22.6 Å². The zero-order valence-corrected chi connectivity index (χ0v) is 17.4. The molecule has 0 aliphatic heterocycles. The maximum atomic E-state index is 4.81. The first-order chi connectivity index (χ1) is 10.2. The van der Waals surface area contributed by atoms with Crippen LogP contribution >= 0.6 is 11.8 Å². The lowest BCUT2D eigenvalue weighted by Gasteiger charge is -2.27. The molecule has 0 amide bonds. The van der Waals surface area contributed by atoms with Crippen molar-refractivity contribution in [2.45, 2.75) is 78.7 Å². The molecule has 2 nitrogen and oxygen atoms in total. The van der Waals surface area contributed by atoms with E-state index in [4.69, 9.17) is 4.99 Å². The number of hydrogen-bond donors (Lipinski definition) is 1. The predicted molar refractivity (Wildman–Crippen MR) is 108 cm³/mol. The van der Waals surface area contributed by atoms with Crippen LogP contribution in [-0.4, -0.2) is 17.0 Å². The molecular formula is C20H34N2S. The zero-order chi connectivity index (χ0) is 18.1. The zero-order valence-electron chi connectivity index (χ0n) is 16.6. The van der Waals surface area contributed by atoms with Gasteiger partial charge in [-0.05, 0) is 55.1 Å².